The Morgan fingerprint density at radius 3 is 2.95 bits per heavy atom. The number of nitrogens with zero attached hydrogens (tertiary/aromatic N) is 3. The second kappa shape index (κ2) is 4.94. The quantitative estimate of drug-likeness (QED) is 0.939. The van der Waals surface area contributed by atoms with Crippen LogP contribution in [0.3, 0.4) is 0 Å². The monoisotopic (exact) mass is 322 g/mol. The van der Waals surface area contributed by atoms with E-state index < -0.39 is 0 Å². The van der Waals surface area contributed by atoms with E-state index in [0.717, 1.165) is 16.0 Å². The van der Waals surface area contributed by atoms with E-state index in [1.807, 2.05) is 32.3 Å². The summed E-state index contributed by atoms with van der Waals surface area (Å²) in [5, 5.41) is 11.5. The largest absolute Gasteiger partial charge is 0.493 e. The first-order valence-corrected chi connectivity index (χ1v) is 6.95. The molecule has 0 fully saturated rings. The van der Waals surface area contributed by atoms with Crippen molar-refractivity contribution in [3.8, 4) is 5.75 Å². The van der Waals surface area contributed by atoms with Crippen LogP contribution in [0.5, 0.6) is 5.75 Å². The van der Waals surface area contributed by atoms with Crippen LogP contribution in [0, 0.1) is 0 Å². The van der Waals surface area contributed by atoms with Gasteiger partial charge in [0.2, 0.25) is 0 Å². The standard InChI is InChI=1S/C13H15BrN4O/c1-15-11(12-13(14)16-17-18(12)2)9-7-19-10-6-4-3-5-8(9)10/h3-6,9,11,15H,7H2,1-2H3. The fourth-order valence-electron chi connectivity index (χ4n) is 2.66. The summed E-state index contributed by atoms with van der Waals surface area (Å²) < 4.78 is 8.34. The minimum Gasteiger partial charge on any atom is -0.493 e. The van der Waals surface area contributed by atoms with Crippen molar-refractivity contribution in [2.75, 3.05) is 13.7 Å². The first-order chi connectivity index (χ1) is 9.22. The molecule has 0 saturated carbocycles. The summed E-state index contributed by atoms with van der Waals surface area (Å²) >= 11 is 3.47. The number of aromatic nitrogens is 3. The van der Waals surface area contributed by atoms with Gasteiger partial charge in [0.25, 0.3) is 0 Å². The molecule has 3 rings (SSSR count). The van der Waals surface area contributed by atoms with Crippen molar-refractivity contribution in [2.24, 2.45) is 7.05 Å². The van der Waals surface area contributed by atoms with Gasteiger partial charge < -0.3 is 10.1 Å². The number of para-hydroxylation sites is 1. The third kappa shape index (κ3) is 2.04. The summed E-state index contributed by atoms with van der Waals surface area (Å²) in [4.78, 5) is 0. The highest BCUT2D eigenvalue weighted by Gasteiger charge is 2.34. The van der Waals surface area contributed by atoms with Crippen molar-refractivity contribution in [1.82, 2.24) is 20.3 Å². The SMILES string of the molecule is CNC(c1c(Br)nnn1C)C1COc2ccccc21. The fourth-order valence-corrected chi connectivity index (χ4v) is 3.23. The molecular weight excluding hydrogens is 308 g/mol. The molecule has 1 aliphatic heterocycles. The van der Waals surface area contributed by atoms with Crippen LogP contribution in [-0.4, -0.2) is 28.6 Å². The molecule has 1 aromatic heterocycles. The Labute approximate surface area is 120 Å². The van der Waals surface area contributed by atoms with Crippen LogP contribution >= 0.6 is 15.9 Å². The van der Waals surface area contributed by atoms with Crippen molar-refractivity contribution in [3.05, 3.63) is 40.1 Å². The summed E-state index contributed by atoms with van der Waals surface area (Å²) in [7, 11) is 3.85. The average Bonchev–Trinajstić information content (AvgIpc) is 2.98. The molecule has 1 aliphatic rings. The first-order valence-electron chi connectivity index (χ1n) is 6.16. The second-order valence-electron chi connectivity index (χ2n) is 4.61. The predicted octanol–water partition coefficient (Wildman–Crippen LogP) is 2.01. The molecule has 0 spiro atoms. The molecule has 1 N–H and O–H groups in total. The van der Waals surface area contributed by atoms with E-state index in [0.29, 0.717) is 6.61 Å². The van der Waals surface area contributed by atoms with Crippen LogP contribution in [0.1, 0.15) is 23.2 Å². The summed E-state index contributed by atoms with van der Waals surface area (Å²) in [5.74, 6) is 1.23. The number of likely N-dealkylation sites (N-methyl/N-ethyl adjacent to an activating group) is 1. The van der Waals surface area contributed by atoms with E-state index in [4.69, 9.17) is 4.74 Å². The smallest absolute Gasteiger partial charge is 0.153 e. The second-order valence-corrected chi connectivity index (χ2v) is 5.36. The number of nitrogens with one attached hydrogen (secondary N) is 1. The van der Waals surface area contributed by atoms with Crippen LogP contribution in [-0.2, 0) is 7.05 Å². The molecule has 0 saturated heterocycles. The zero-order valence-corrected chi connectivity index (χ0v) is 12.4. The number of rotatable bonds is 3. The van der Waals surface area contributed by atoms with Crippen molar-refractivity contribution in [2.45, 2.75) is 12.0 Å². The summed E-state index contributed by atoms with van der Waals surface area (Å²) in [6, 6.07) is 8.28. The van der Waals surface area contributed by atoms with Gasteiger partial charge in [0.05, 0.1) is 18.3 Å². The van der Waals surface area contributed by atoms with Gasteiger partial charge in [-0.1, -0.05) is 23.4 Å². The summed E-state index contributed by atoms with van der Waals surface area (Å²) in [6.45, 7) is 0.669. The van der Waals surface area contributed by atoms with Crippen molar-refractivity contribution < 1.29 is 4.74 Å². The zero-order valence-electron chi connectivity index (χ0n) is 10.8. The van der Waals surface area contributed by atoms with E-state index in [-0.39, 0.29) is 12.0 Å². The van der Waals surface area contributed by atoms with Crippen molar-refractivity contribution in [1.29, 1.82) is 0 Å². The van der Waals surface area contributed by atoms with E-state index >= 15 is 0 Å². The summed E-state index contributed by atoms with van der Waals surface area (Å²) in [5.41, 5.74) is 2.27. The molecule has 0 bridgehead atoms. The molecule has 19 heavy (non-hydrogen) atoms. The van der Waals surface area contributed by atoms with Gasteiger partial charge in [0.15, 0.2) is 4.60 Å². The Bertz CT molecular complexity index is 579. The van der Waals surface area contributed by atoms with Gasteiger partial charge >= 0.3 is 0 Å². The normalized spacial score (nSPS) is 19.0. The Hall–Kier alpha value is -1.40. The lowest BCUT2D eigenvalue weighted by atomic mass is 9.91. The predicted molar refractivity (Wildman–Crippen MR) is 75.2 cm³/mol. The molecule has 100 valence electrons. The van der Waals surface area contributed by atoms with Crippen molar-refractivity contribution in [3.63, 3.8) is 0 Å². The topological polar surface area (TPSA) is 52.0 Å². The van der Waals surface area contributed by atoms with Crippen LogP contribution in [0.2, 0.25) is 0 Å². The molecule has 2 heterocycles. The van der Waals surface area contributed by atoms with E-state index in [1.54, 1.807) is 4.68 Å². The summed E-state index contributed by atoms with van der Waals surface area (Å²) in [6.07, 6.45) is 0. The van der Waals surface area contributed by atoms with E-state index in [1.165, 1.54) is 5.56 Å². The third-order valence-electron chi connectivity index (χ3n) is 3.57. The Morgan fingerprint density at radius 1 is 1.47 bits per heavy atom. The van der Waals surface area contributed by atoms with Crippen LogP contribution < -0.4 is 10.1 Å². The minimum atomic E-state index is 0.109. The van der Waals surface area contributed by atoms with Gasteiger partial charge in [-0.25, -0.2) is 4.68 Å². The van der Waals surface area contributed by atoms with Crippen LogP contribution in [0.15, 0.2) is 28.9 Å². The number of aryl methyl sites for hydroxylation is 1. The number of halogens is 1. The molecule has 1 aromatic carbocycles. The molecule has 5 nitrogen and oxygen atoms in total. The van der Waals surface area contributed by atoms with Gasteiger partial charge in [0.1, 0.15) is 5.75 Å². The van der Waals surface area contributed by atoms with Gasteiger partial charge in [0, 0.05) is 18.5 Å². The fraction of sp³-hybridized carbons (Fsp3) is 0.385. The number of ether oxygens (including phenoxy) is 1. The molecular formula is C13H15BrN4O. The third-order valence-corrected chi connectivity index (χ3v) is 4.14. The van der Waals surface area contributed by atoms with Crippen molar-refractivity contribution >= 4 is 15.9 Å². The van der Waals surface area contributed by atoms with Gasteiger partial charge in [-0.3, -0.25) is 0 Å². The first kappa shape index (κ1) is 12.6. The number of hydrogen-bond donors (Lipinski definition) is 1. The molecule has 0 radical (unpaired) electrons. The molecule has 6 heteroatoms. The molecule has 0 aliphatic carbocycles. The van der Waals surface area contributed by atoms with Gasteiger partial charge in [-0.05, 0) is 29.0 Å². The Kier molecular flexibility index (Phi) is 3.28. The molecule has 2 atom stereocenters. The maximum Gasteiger partial charge on any atom is 0.153 e. The minimum absolute atomic E-state index is 0.109. The van der Waals surface area contributed by atoms with Gasteiger partial charge in [-0.15, -0.1) is 5.10 Å². The zero-order chi connectivity index (χ0) is 13.4. The van der Waals surface area contributed by atoms with Gasteiger partial charge in [-0.2, -0.15) is 0 Å². The average molecular weight is 323 g/mol. The highest BCUT2D eigenvalue weighted by atomic mass is 79.9. The number of fused-ring (bicyclic) bond motifs is 1. The maximum absolute atomic E-state index is 5.77. The number of hydrogen-bond acceptors (Lipinski definition) is 4. The molecule has 2 unspecified atom stereocenters. The lowest BCUT2D eigenvalue weighted by Gasteiger charge is -2.22. The lowest BCUT2D eigenvalue weighted by Crippen LogP contribution is -2.27. The highest BCUT2D eigenvalue weighted by molar-refractivity contribution is 9.10. The number of benzene rings is 1. The Morgan fingerprint density at radius 2 is 2.26 bits per heavy atom. The lowest BCUT2D eigenvalue weighted by molar-refractivity contribution is 0.300. The molecule has 0 amide bonds. The Balaban J connectivity index is 2.01. The van der Waals surface area contributed by atoms with E-state index in [9.17, 15) is 0 Å². The molecule has 2 aromatic rings. The maximum atomic E-state index is 5.77. The van der Waals surface area contributed by atoms with Crippen LogP contribution in [0.4, 0.5) is 0 Å². The van der Waals surface area contributed by atoms with E-state index in [2.05, 4.69) is 37.6 Å². The highest BCUT2D eigenvalue weighted by Crippen LogP contribution is 2.41. The van der Waals surface area contributed by atoms with Crippen LogP contribution in [0.25, 0.3) is 0 Å².